The molecule has 1 nitrogen and oxygen atoms in total. The largest absolute Gasteiger partial charge is 1.00 e. The second-order valence-corrected chi connectivity index (χ2v) is 4.80. The van der Waals surface area contributed by atoms with Gasteiger partial charge < -0.3 is 0 Å². The summed E-state index contributed by atoms with van der Waals surface area (Å²) in [6.45, 7) is 1.30. The number of hydrogen-bond acceptors (Lipinski definition) is 1. The molecule has 0 saturated carbocycles. The smallest absolute Gasteiger partial charge is 0.295 e. The summed E-state index contributed by atoms with van der Waals surface area (Å²) >= 11 is 0. The van der Waals surface area contributed by atoms with Crippen LogP contribution in [0, 0.1) is 6.07 Å². The number of hydrogen-bond donors (Lipinski definition) is 0. The van der Waals surface area contributed by atoms with Gasteiger partial charge in [0, 0.05) is 12.1 Å². The zero-order valence-corrected chi connectivity index (χ0v) is 10.2. The topological polar surface area (TPSA) is 3.24 Å². The van der Waals surface area contributed by atoms with E-state index in [2.05, 4.69) is 29.2 Å². The van der Waals surface area contributed by atoms with Crippen LogP contribution in [0.15, 0.2) is 24.3 Å². The summed E-state index contributed by atoms with van der Waals surface area (Å²) in [5.41, 5.74) is 1.40. The van der Waals surface area contributed by atoms with Crippen LogP contribution in [0.4, 0.5) is 0 Å². The van der Waals surface area contributed by atoms with E-state index in [0.29, 0.717) is 6.04 Å². The first-order valence-corrected chi connectivity index (χ1v) is 6.17. The summed E-state index contributed by atoms with van der Waals surface area (Å²) in [4.78, 5) is 2.72. The molecule has 0 amide bonds. The Bertz CT molecular complexity index is 325. The molecule has 0 N–H and O–H groups in total. The SMILES string of the molecule is [Li+].[c-]1ccccc1C1CCC2CCCCN21. The van der Waals surface area contributed by atoms with E-state index in [-0.39, 0.29) is 18.9 Å². The normalized spacial score (nSPS) is 29.5. The maximum Gasteiger partial charge on any atom is 1.00 e. The zero-order chi connectivity index (χ0) is 10.1. The van der Waals surface area contributed by atoms with E-state index in [1.807, 2.05) is 6.07 Å². The van der Waals surface area contributed by atoms with Gasteiger partial charge in [-0.05, 0) is 32.2 Å². The molecular weight excluding hydrogens is 189 g/mol. The van der Waals surface area contributed by atoms with Gasteiger partial charge in [-0.25, -0.2) is 0 Å². The minimum Gasteiger partial charge on any atom is -0.295 e. The average Bonchev–Trinajstić information content (AvgIpc) is 2.74. The van der Waals surface area contributed by atoms with E-state index in [1.165, 1.54) is 44.2 Å². The van der Waals surface area contributed by atoms with Gasteiger partial charge in [0.2, 0.25) is 0 Å². The van der Waals surface area contributed by atoms with Gasteiger partial charge in [-0.1, -0.05) is 6.42 Å². The molecule has 1 aromatic rings. The zero-order valence-electron chi connectivity index (χ0n) is 10.2. The summed E-state index contributed by atoms with van der Waals surface area (Å²) in [6.07, 6.45) is 6.98. The first kappa shape index (κ1) is 12.2. The van der Waals surface area contributed by atoms with E-state index < -0.39 is 0 Å². The Morgan fingerprint density at radius 3 is 2.88 bits per heavy atom. The van der Waals surface area contributed by atoms with Gasteiger partial charge >= 0.3 is 18.9 Å². The Hall–Kier alpha value is -0.223. The van der Waals surface area contributed by atoms with E-state index in [4.69, 9.17) is 0 Å². The molecule has 2 unspecified atom stereocenters. The molecule has 0 bridgehead atoms. The number of piperidine rings is 1. The van der Waals surface area contributed by atoms with Gasteiger partial charge in [0.25, 0.3) is 0 Å². The molecule has 1 aromatic carbocycles. The predicted molar refractivity (Wildman–Crippen MR) is 61.6 cm³/mol. The number of benzene rings is 1. The van der Waals surface area contributed by atoms with Gasteiger partial charge in [-0.2, -0.15) is 30.3 Å². The maximum atomic E-state index is 3.40. The predicted octanol–water partition coefficient (Wildman–Crippen LogP) is 0.180. The average molecular weight is 207 g/mol. The summed E-state index contributed by atoms with van der Waals surface area (Å²) < 4.78 is 0. The first-order valence-electron chi connectivity index (χ1n) is 6.17. The number of nitrogens with zero attached hydrogens (tertiary/aromatic N) is 1. The molecule has 2 fully saturated rings. The molecule has 0 radical (unpaired) electrons. The Kier molecular flexibility index (Phi) is 4.14. The van der Waals surface area contributed by atoms with Crippen LogP contribution in [-0.4, -0.2) is 17.5 Å². The van der Waals surface area contributed by atoms with Crippen LogP contribution in [0.1, 0.15) is 43.7 Å². The quantitative estimate of drug-likeness (QED) is 0.469. The van der Waals surface area contributed by atoms with Crippen molar-refractivity contribution >= 4 is 0 Å². The molecule has 2 aliphatic heterocycles. The van der Waals surface area contributed by atoms with E-state index in [9.17, 15) is 0 Å². The summed E-state index contributed by atoms with van der Waals surface area (Å²) in [6, 6.07) is 13.4. The third-order valence-corrected chi connectivity index (χ3v) is 3.94. The molecule has 16 heavy (non-hydrogen) atoms. The van der Waals surface area contributed by atoms with Crippen molar-refractivity contribution in [1.29, 1.82) is 0 Å². The van der Waals surface area contributed by atoms with Crippen LogP contribution in [-0.2, 0) is 0 Å². The molecule has 2 atom stereocenters. The van der Waals surface area contributed by atoms with Crippen LogP contribution in [0.2, 0.25) is 0 Å². The summed E-state index contributed by atoms with van der Waals surface area (Å²) in [5, 5.41) is 0. The van der Waals surface area contributed by atoms with Gasteiger partial charge in [0.15, 0.2) is 0 Å². The van der Waals surface area contributed by atoms with Crippen LogP contribution < -0.4 is 18.9 Å². The van der Waals surface area contributed by atoms with Crippen molar-refractivity contribution in [2.45, 2.75) is 44.2 Å². The third kappa shape index (κ3) is 2.23. The van der Waals surface area contributed by atoms with E-state index in [1.54, 1.807) is 0 Å². The van der Waals surface area contributed by atoms with Crippen molar-refractivity contribution < 1.29 is 18.9 Å². The van der Waals surface area contributed by atoms with Gasteiger partial charge in [-0.3, -0.25) is 4.90 Å². The first-order chi connectivity index (χ1) is 7.45. The Labute approximate surface area is 110 Å². The Morgan fingerprint density at radius 1 is 1.12 bits per heavy atom. The van der Waals surface area contributed by atoms with Gasteiger partial charge in [0.1, 0.15) is 0 Å². The second kappa shape index (κ2) is 5.41. The molecule has 2 saturated heterocycles. The maximum absolute atomic E-state index is 3.40. The monoisotopic (exact) mass is 207 g/mol. The van der Waals surface area contributed by atoms with Crippen molar-refractivity contribution in [3.8, 4) is 0 Å². The standard InChI is InChI=1S/C14H18N.Li/c1-2-6-12(7-3-1)14-10-9-13-8-4-5-11-15(13)14;/h1-3,6,13-14H,4-5,8-11H2;/q-1;+1. The van der Waals surface area contributed by atoms with Crippen LogP contribution in [0.25, 0.3) is 0 Å². The van der Waals surface area contributed by atoms with Crippen molar-refractivity contribution in [3.05, 3.63) is 35.9 Å². The fraction of sp³-hybridized carbons (Fsp3) is 0.571. The molecular formula is C14H18LiN. The van der Waals surface area contributed by atoms with Gasteiger partial charge in [0.05, 0.1) is 0 Å². The van der Waals surface area contributed by atoms with E-state index in [0.717, 1.165) is 6.04 Å². The molecule has 0 spiro atoms. The van der Waals surface area contributed by atoms with Crippen LogP contribution in [0.3, 0.4) is 0 Å². The number of rotatable bonds is 1. The summed E-state index contributed by atoms with van der Waals surface area (Å²) in [7, 11) is 0. The molecule has 2 heterocycles. The van der Waals surface area contributed by atoms with Crippen molar-refractivity contribution in [3.63, 3.8) is 0 Å². The van der Waals surface area contributed by atoms with Crippen molar-refractivity contribution in [1.82, 2.24) is 4.90 Å². The summed E-state index contributed by atoms with van der Waals surface area (Å²) in [5.74, 6) is 0. The Morgan fingerprint density at radius 2 is 2.06 bits per heavy atom. The molecule has 3 rings (SSSR count). The minimum absolute atomic E-state index is 0. The fourth-order valence-corrected chi connectivity index (χ4v) is 3.21. The van der Waals surface area contributed by atoms with Gasteiger partial charge in [-0.15, -0.1) is 5.56 Å². The van der Waals surface area contributed by atoms with Crippen molar-refractivity contribution in [2.24, 2.45) is 0 Å². The van der Waals surface area contributed by atoms with Crippen LogP contribution >= 0.6 is 0 Å². The molecule has 0 aromatic heterocycles. The number of fused-ring (bicyclic) bond motifs is 1. The third-order valence-electron chi connectivity index (χ3n) is 3.94. The van der Waals surface area contributed by atoms with Crippen LogP contribution in [0.5, 0.6) is 0 Å². The molecule has 2 aliphatic rings. The fourth-order valence-electron chi connectivity index (χ4n) is 3.21. The minimum atomic E-state index is 0. The van der Waals surface area contributed by atoms with Crippen molar-refractivity contribution in [2.75, 3.05) is 6.54 Å². The molecule has 80 valence electrons. The van der Waals surface area contributed by atoms with E-state index >= 15 is 0 Å². The Balaban J connectivity index is 0.000000963. The molecule has 0 aliphatic carbocycles. The molecule has 2 heteroatoms. The second-order valence-electron chi connectivity index (χ2n) is 4.80.